The fourth-order valence-corrected chi connectivity index (χ4v) is 2.96. The van der Waals surface area contributed by atoms with Crippen LogP contribution in [0.3, 0.4) is 0 Å². The van der Waals surface area contributed by atoms with Gasteiger partial charge in [0.1, 0.15) is 11.1 Å². The monoisotopic (exact) mass is 352 g/mol. The lowest BCUT2D eigenvalue weighted by molar-refractivity contribution is -0.123. The zero-order chi connectivity index (χ0) is 18.5. The Hall–Kier alpha value is -2.12. The Balaban J connectivity index is 1.78. The van der Waals surface area contributed by atoms with Gasteiger partial charge >= 0.3 is 6.09 Å². The van der Waals surface area contributed by atoms with Gasteiger partial charge in [-0.05, 0) is 40.0 Å². The first kappa shape index (κ1) is 19.2. The van der Waals surface area contributed by atoms with Crippen molar-refractivity contribution in [1.82, 2.24) is 20.8 Å². The molecule has 1 heterocycles. The molecular weight excluding hydrogens is 324 g/mol. The zero-order valence-corrected chi connectivity index (χ0v) is 15.5. The normalized spacial score (nSPS) is 16.5. The predicted molar refractivity (Wildman–Crippen MR) is 90.8 cm³/mol. The molecule has 0 unspecified atom stereocenters. The van der Waals surface area contributed by atoms with Gasteiger partial charge in [-0.1, -0.05) is 18.0 Å². The van der Waals surface area contributed by atoms with Crippen molar-refractivity contribution in [1.29, 1.82) is 0 Å². The Morgan fingerprint density at radius 3 is 2.52 bits per heavy atom. The highest BCUT2D eigenvalue weighted by molar-refractivity contribution is 5.77. The van der Waals surface area contributed by atoms with E-state index in [9.17, 15) is 9.59 Å². The Labute approximate surface area is 148 Å². The minimum atomic E-state index is -0.529. The number of carbonyl (C=O) groups is 2. The Morgan fingerprint density at radius 2 is 1.96 bits per heavy atom. The third kappa shape index (κ3) is 5.72. The van der Waals surface area contributed by atoms with Crippen molar-refractivity contribution in [2.75, 3.05) is 6.54 Å². The molecule has 2 N–H and O–H groups in total. The standard InChI is InChI=1S/C17H28N4O4/c1-12-19-14(21-25-12)17(9-5-6-10-17)20-13(22)8-7-11-18-15(23)24-16(2,3)4/h5-11H2,1-4H3,(H,18,23)(H,20,22). The van der Waals surface area contributed by atoms with Crippen molar-refractivity contribution < 1.29 is 18.8 Å². The fraction of sp³-hybridized carbons (Fsp3) is 0.765. The first-order valence-corrected chi connectivity index (χ1v) is 8.79. The molecule has 0 atom stereocenters. The van der Waals surface area contributed by atoms with E-state index in [0.717, 1.165) is 25.7 Å². The molecule has 140 valence electrons. The van der Waals surface area contributed by atoms with Gasteiger partial charge in [0, 0.05) is 19.9 Å². The number of aromatic nitrogens is 2. The lowest BCUT2D eigenvalue weighted by Crippen LogP contribution is -2.44. The molecule has 0 spiro atoms. The second-order valence-corrected chi connectivity index (χ2v) is 7.51. The van der Waals surface area contributed by atoms with Crippen molar-refractivity contribution in [3.8, 4) is 0 Å². The van der Waals surface area contributed by atoms with Crippen LogP contribution in [0.4, 0.5) is 4.79 Å². The molecule has 25 heavy (non-hydrogen) atoms. The summed E-state index contributed by atoms with van der Waals surface area (Å²) in [7, 11) is 0. The minimum absolute atomic E-state index is 0.0738. The molecule has 0 bridgehead atoms. The Kier molecular flexibility index (Phi) is 6.02. The number of carbonyl (C=O) groups excluding carboxylic acids is 2. The van der Waals surface area contributed by atoms with Crippen LogP contribution in [0.15, 0.2) is 4.52 Å². The van der Waals surface area contributed by atoms with E-state index in [1.165, 1.54) is 0 Å². The summed E-state index contributed by atoms with van der Waals surface area (Å²) in [5.74, 6) is 0.982. The minimum Gasteiger partial charge on any atom is -0.444 e. The number of amides is 2. The molecular formula is C17H28N4O4. The largest absolute Gasteiger partial charge is 0.444 e. The van der Waals surface area contributed by atoms with Crippen LogP contribution in [-0.2, 0) is 15.1 Å². The molecule has 0 radical (unpaired) electrons. The maximum atomic E-state index is 12.3. The van der Waals surface area contributed by atoms with Crippen LogP contribution < -0.4 is 10.6 Å². The molecule has 1 aliphatic carbocycles. The number of alkyl carbamates (subject to hydrolysis) is 1. The lowest BCUT2D eigenvalue weighted by Gasteiger charge is -2.26. The summed E-state index contributed by atoms with van der Waals surface area (Å²) < 4.78 is 10.2. The molecule has 1 aliphatic rings. The SMILES string of the molecule is Cc1nc(C2(NC(=O)CCCNC(=O)OC(C)(C)C)CCCC2)no1. The highest BCUT2D eigenvalue weighted by atomic mass is 16.6. The number of hydrogen-bond donors (Lipinski definition) is 2. The zero-order valence-electron chi connectivity index (χ0n) is 15.5. The van der Waals surface area contributed by atoms with Crippen LogP contribution in [0.25, 0.3) is 0 Å². The molecule has 1 saturated carbocycles. The van der Waals surface area contributed by atoms with E-state index in [0.29, 0.717) is 31.1 Å². The van der Waals surface area contributed by atoms with Crippen LogP contribution in [0.2, 0.25) is 0 Å². The molecule has 0 saturated heterocycles. The number of ether oxygens (including phenoxy) is 1. The van der Waals surface area contributed by atoms with E-state index < -0.39 is 17.2 Å². The van der Waals surface area contributed by atoms with Gasteiger partial charge in [-0.25, -0.2) is 4.79 Å². The summed E-state index contributed by atoms with van der Waals surface area (Å²) in [6, 6.07) is 0. The van der Waals surface area contributed by atoms with Gasteiger partial charge in [0.2, 0.25) is 11.8 Å². The van der Waals surface area contributed by atoms with Gasteiger partial charge < -0.3 is 19.9 Å². The Bertz CT molecular complexity index is 600. The average Bonchev–Trinajstić information content (AvgIpc) is 3.12. The lowest BCUT2D eigenvalue weighted by atomic mass is 9.96. The topological polar surface area (TPSA) is 106 Å². The van der Waals surface area contributed by atoms with Crippen molar-refractivity contribution in [2.45, 2.75) is 77.4 Å². The highest BCUT2D eigenvalue weighted by Crippen LogP contribution is 2.37. The van der Waals surface area contributed by atoms with E-state index in [1.807, 2.05) is 0 Å². The molecule has 1 aromatic rings. The molecule has 0 aromatic carbocycles. The molecule has 0 aliphatic heterocycles. The number of aryl methyl sites for hydroxylation is 1. The third-order valence-electron chi connectivity index (χ3n) is 4.04. The molecule has 8 heteroatoms. The first-order chi connectivity index (χ1) is 11.7. The van der Waals surface area contributed by atoms with E-state index in [4.69, 9.17) is 9.26 Å². The van der Waals surface area contributed by atoms with E-state index in [2.05, 4.69) is 20.8 Å². The van der Waals surface area contributed by atoms with Gasteiger partial charge in [0.05, 0.1) is 0 Å². The molecule has 1 aromatic heterocycles. The van der Waals surface area contributed by atoms with Gasteiger partial charge in [-0.15, -0.1) is 0 Å². The van der Waals surface area contributed by atoms with Crippen molar-refractivity contribution >= 4 is 12.0 Å². The van der Waals surface area contributed by atoms with Gasteiger partial charge in [0.25, 0.3) is 0 Å². The summed E-state index contributed by atoms with van der Waals surface area (Å²) in [6.45, 7) is 7.54. The third-order valence-corrected chi connectivity index (χ3v) is 4.04. The Morgan fingerprint density at radius 1 is 1.28 bits per heavy atom. The second kappa shape index (κ2) is 7.84. The average molecular weight is 352 g/mol. The summed E-state index contributed by atoms with van der Waals surface area (Å²) in [5, 5.41) is 9.73. The molecule has 1 fully saturated rings. The summed E-state index contributed by atoms with van der Waals surface area (Å²) in [5.41, 5.74) is -1.05. The maximum absolute atomic E-state index is 12.3. The summed E-state index contributed by atoms with van der Waals surface area (Å²) in [6.07, 6.45) is 4.05. The number of nitrogens with one attached hydrogen (secondary N) is 2. The number of nitrogens with zero attached hydrogens (tertiary/aromatic N) is 2. The van der Waals surface area contributed by atoms with Crippen molar-refractivity contribution in [3.63, 3.8) is 0 Å². The second-order valence-electron chi connectivity index (χ2n) is 7.51. The molecule has 2 amide bonds. The van der Waals surface area contributed by atoms with Crippen LogP contribution in [0.1, 0.15) is 71.0 Å². The quantitative estimate of drug-likeness (QED) is 0.762. The predicted octanol–water partition coefficient (Wildman–Crippen LogP) is 2.57. The molecule has 8 nitrogen and oxygen atoms in total. The van der Waals surface area contributed by atoms with Gasteiger partial charge in [-0.3, -0.25) is 4.79 Å². The highest BCUT2D eigenvalue weighted by Gasteiger charge is 2.41. The summed E-state index contributed by atoms with van der Waals surface area (Å²) in [4.78, 5) is 28.2. The van der Waals surface area contributed by atoms with Crippen molar-refractivity contribution in [3.05, 3.63) is 11.7 Å². The van der Waals surface area contributed by atoms with E-state index >= 15 is 0 Å². The van der Waals surface area contributed by atoms with Crippen LogP contribution >= 0.6 is 0 Å². The maximum Gasteiger partial charge on any atom is 0.407 e. The van der Waals surface area contributed by atoms with Crippen LogP contribution in [-0.4, -0.2) is 34.3 Å². The summed E-state index contributed by atoms with van der Waals surface area (Å²) >= 11 is 0. The van der Waals surface area contributed by atoms with Crippen LogP contribution in [0.5, 0.6) is 0 Å². The number of rotatable bonds is 6. The molecule has 2 rings (SSSR count). The first-order valence-electron chi connectivity index (χ1n) is 8.79. The van der Waals surface area contributed by atoms with Gasteiger partial charge in [0.15, 0.2) is 5.82 Å². The smallest absolute Gasteiger partial charge is 0.407 e. The van der Waals surface area contributed by atoms with Gasteiger partial charge in [-0.2, -0.15) is 4.98 Å². The van der Waals surface area contributed by atoms with Crippen molar-refractivity contribution in [2.24, 2.45) is 0 Å². The number of hydrogen-bond acceptors (Lipinski definition) is 6. The van der Waals surface area contributed by atoms with E-state index in [1.54, 1.807) is 27.7 Å². The van der Waals surface area contributed by atoms with E-state index in [-0.39, 0.29) is 5.91 Å². The fourth-order valence-electron chi connectivity index (χ4n) is 2.96. The van der Waals surface area contributed by atoms with Crippen LogP contribution in [0, 0.1) is 6.92 Å².